The molecule has 1 N–H and O–H groups in total. The molecular weight excluding hydrogens is 302 g/mol. The number of imidazole rings is 1. The summed E-state index contributed by atoms with van der Waals surface area (Å²) in [6.07, 6.45) is 13.5. The number of nitrogens with one attached hydrogen (secondary N) is 1. The van der Waals surface area contributed by atoms with Crippen LogP contribution in [0.1, 0.15) is 47.6 Å². The highest BCUT2D eigenvalue weighted by Gasteiger charge is 2.24. The molecule has 1 amide bonds. The van der Waals surface area contributed by atoms with Gasteiger partial charge in [0.05, 0.1) is 17.8 Å². The van der Waals surface area contributed by atoms with Gasteiger partial charge < -0.3 is 9.72 Å². The van der Waals surface area contributed by atoms with Gasteiger partial charge in [-0.15, -0.1) is 0 Å². The van der Waals surface area contributed by atoms with E-state index in [0.29, 0.717) is 11.6 Å². The van der Waals surface area contributed by atoms with E-state index >= 15 is 0 Å². The van der Waals surface area contributed by atoms with Gasteiger partial charge in [0.1, 0.15) is 5.65 Å². The molecule has 0 saturated heterocycles. The van der Waals surface area contributed by atoms with Crippen LogP contribution in [0.4, 0.5) is 0 Å². The maximum Gasteiger partial charge on any atom is 0.252 e. The van der Waals surface area contributed by atoms with Crippen LogP contribution in [0.25, 0.3) is 5.65 Å². The van der Waals surface area contributed by atoms with Crippen LogP contribution in [0.5, 0.6) is 0 Å². The monoisotopic (exact) mass is 323 g/mol. The zero-order chi connectivity index (χ0) is 16.5. The summed E-state index contributed by atoms with van der Waals surface area (Å²) in [7, 11) is 0. The molecule has 6 heteroatoms. The van der Waals surface area contributed by atoms with Crippen LogP contribution in [0.3, 0.4) is 0 Å². The van der Waals surface area contributed by atoms with Crippen LogP contribution in [-0.2, 0) is 0 Å². The van der Waals surface area contributed by atoms with Crippen LogP contribution in [0.15, 0.2) is 43.1 Å². The molecule has 0 bridgehead atoms. The molecule has 1 aliphatic rings. The number of amides is 1. The second-order valence-electron chi connectivity index (χ2n) is 6.59. The van der Waals surface area contributed by atoms with Crippen molar-refractivity contribution >= 4 is 11.6 Å². The highest BCUT2D eigenvalue weighted by Crippen LogP contribution is 2.28. The van der Waals surface area contributed by atoms with Crippen LogP contribution in [0, 0.1) is 6.92 Å². The third-order valence-electron chi connectivity index (χ3n) is 4.79. The van der Waals surface area contributed by atoms with Crippen molar-refractivity contribution in [1.82, 2.24) is 24.5 Å². The Morgan fingerprint density at radius 2 is 2.04 bits per heavy atom. The lowest BCUT2D eigenvalue weighted by molar-refractivity contribution is 0.0921. The Morgan fingerprint density at radius 3 is 2.79 bits per heavy atom. The van der Waals surface area contributed by atoms with Crippen molar-refractivity contribution in [2.24, 2.45) is 0 Å². The van der Waals surface area contributed by atoms with Gasteiger partial charge in [-0.05, 0) is 50.3 Å². The van der Waals surface area contributed by atoms with Gasteiger partial charge in [-0.3, -0.25) is 9.48 Å². The Hall–Kier alpha value is -2.63. The van der Waals surface area contributed by atoms with Gasteiger partial charge in [0.15, 0.2) is 0 Å². The molecule has 0 spiro atoms. The number of hydrogen-bond donors (Lipinski definition) is 1. The van der Waals surface area contributed by atoms with Gasteiger partial charge in [-0.2, -0.15) is 5.10 Å². The van der Waals surface area contributed by atoms with Crippen molar-refractivity contribution in [2.75, 3.05) is 0 Å². The Balaban J connectivity index is 1.37. The normalized spacial score (nSPS) is 21.0. The molecule has 0 aromatic carbocycles. The fourth-order valence-electron chi connectivity index (χ4n) is 3.44. The Morgan fingerprint density at radius 1 is 1.21 bits per heavy atom. The zero-order valence-electron chi connectivity index (χ0n) is 13.7. The molecule has 0 atom stereocenters. The summed E-state index contributed by atoms with van der Waals surface area (Å²) < 4.78 is 3.94. The zero-order valence-corrected chi connectivity index (χ0v) is 13.7. The number of aromatic nitrogens is 4. The van der Waals surface area contributed by atoms with Crippen molar-refractivity contribution < 1.29 is 4.79 Å². The van der Waals surface area contributed by atoms with E-state index in [1.165, 1.54) is 5.56 Å². The quantitative estimate of drug-likeness (QED) is 0.806. The van der Waals surface area contributed by atoms with E-state index < -0.39 is 0 Å². The van der Waals surface area contributed by atoms with Gasteiger partial charge >= 0.3 is 0 Å². The van der Waals surface area contributed by atoms with E-state index in [4.69, 9.17) is 0 Å². The third kappa shape index (κ3) is 2.91. The first-order valence-electron chi connectivity index (χ1n) is 8.43. The van der Waals surface area contributed by atoms with E-state index in [2.05, 4.69) is 33.2 Å². The van der Waals surface area contributed by atoms with Gasteiger partial charge in [-0.1, -0.05) is 0 Å². The molecule has 24 heavy (non-hydrogen) atoms. The number of fused-ring (bicyclic) bond motifs is 1. The number of pyridine rings is 1. The molecule has 0 radical (unpaired) electrons. The Kier molecular flexibility index (Phi) is 3.80. The predicted octanol–water partition coefficient (Wildman–Crippen LogP) is 2.75. The number of carbonyl (C=O) groups is 1. The smallest absolute Gasteiger partial charge is 0.252 e. The maximum atomic E-state index is 12.5. The molecule has 3 aromatic heterocycles. The minimum absolute atomic E-state index is 0.0102. The van der Waals surface area contributed by atoms with Gasteiger partial charge in [0, 0.05) is 30.8 Å². The van der Waals surface area contributed by atoms with E-state index in [9.17, 15) is 4.79 Å². The molecule has 1 aliphatic carbocycles. The minimum Gasteiger partial charge on any atom is -0.349 e. The third-order valence-corrected chi connectivity index (χ3v) is 4.79. The number of aryl methyl sites for hydroxylation is 1. The second kappa shape index (κ2) is 6.11. The first-order chi connectivity index (χ1) is 11.7. The Bertz CT molecular complexity index is 857. The summed E-state index contributed by atoms with van der Waals surface area (Å²) >= 11 is 0. The molecular formula is C18H21N5O. The fourth-order valence-corrected chi connectivity index (χ4v) is 3.44. The van der Waals surface area contributed by atoms with Crippen molar-refractivity contribution in [1.29, 1.82) is 0 Å². The highest BCUT2D eigenvalue weighted by atomic mass is 16.1. The summed E-state index contributed by atoms with van der Waals surface area (Å²) in [6.45, 7) is 2.06. The lowest BCUT2D eigenvalue weighted by Gasteiger charge is -2.29. The van der Waals surface area contributed by atoms with E-state index in [-0.39, 0.29) is 11.9 Å². The largest absolute Gasteiger partial charge is 0.349 e. The Labute approximate surface area is 140 Å². The first kappa shape index (κ1) is 14.9. The van der Waals surface area contributed by atoms with Crippen LogP contribution >= 0.6 is 0 Å². The minimum atomic E-state index is -0.0102. The topological polar surface area (TPSA) is 64.2 Å². The summed E-state index contributed by atoms with van der Waals surface area (Å²) in [6, 6.07) is 4.39. The van der Waals surface area contributed by atoms with E-state index in [1.54, 1.807) is 6.20 Å². The van der Waals surface area contributed by atoms with Crippen LogP contribution in [-0.4, -0.2) is 31.1 Å². The molecule has 4 rings (SSSR count). The van der Waals surface area contributed by atoms with Crippen molar-refractivity contribution in [3.8, 4) is 0 Å². The van der Waals surface area contributed by atoms with Gasteiger partial charge in [0.2, 0.25) is 0 Å². The number of hydrogen-bond acceptors (Lipinski definition) is 3. The maximum absolute atomic E-state index is 12.5. The van der Waals surface area contributed by atoms with Crippen LogP contribution in [0.2, 0.25) is 0 Å². The molecule has 0 unspecified atom stereocenters. The average Bonchev–Trinajstić information content (AvgIpc) is 3.23. The number of rotatable bonds is 3. The summed E-state index contributed by atoms with van der Waals surface area (Å²) in [5.41, 5.74) is 2.72. The first-order valence-corrected chi connectivity index (χ1v) is 8.43. The average molecular weight is 323 g/mol. The highest BCUT2D eigenvalue weighted by molar-refractivity contribution is 5.94. The summed E-state index contributed by atoms with van der Waals surface area (Å²) in [5, 5.41) is 7.58. The molecule has 124 valence electrons. The van der Waals surface area contributed by atoms with E-state index in [0.717, 1.165) is 31.3 Å². The lowest BCUT2D eigenvalue weighted by atomic mass is 9.91. The van der Waals surface area contributed by atoms with Gasteiger partial charge in [-0.25, -0.2) is 4.98 Å². The molecule has 6 nitrogen and oxygen atoms in total. The standard InChI is InChI=1S/C18H21N5O/c1-13-10-20-23(11-13)16-5-3-15(4-6-16)21-18(24)14-2-7-17-19-8-9-22(17)12-14/h2,7-12,15-16H,3-6H2,1H3,(H,21,24). The SMILES string of the molecule is Cc1cnn(C2CCC(NC(=O)c3ccc4nccn4c3)CC2)c1. The second-order valence-corrected chi connectivity index (χ2v) is 6.59. The van der Waals surface area contributed by atoms with Crippen molar-refractivity contribution in [3.63, 3.8) is 0 Å². The molecule has 3 heterocycles. The van der Waals surface area contributed by atoms with Gasteiger partial charge in [0.25, 0.3) is 5.91 Å². The lowest BCUT2D eigenvalue weighted by Crippen LogP contribution is -2.38. The number of nitrogens with zero attached hydrogens (tertiary/aromatic N) is 4. The fraction of sp³-hybridized carbons (Fsp3) is 0.389. The van der Waals surface area contributed by atoms with Crippen molar-refractivity contribution in [3.05, 3.63) is 54.2 Å². The molecule has 1 fully saturated rings. The molecule has 0 aliphatic heterocycles. The molecule has 3 aromatic rings. The molecule has 1 saturated carbocycles. The van der Waals surface area contributed by atoms with E-state index in [1.807, 2.05) is 35.1 Å². The van der Waals surface area contributed by atoms with Crippen molar-refractivity contribution in [2.45, 2.75) is 44.7 Å². The number of carbonyl (C=O) groups excluding carboxylic acids is 1. The summed E-state index contributed by atoms with van der Waals surface area (Å²) in [4.78, 5) is 16.7. The summed E-state index contributed by atoms with van der Waals surface area (Å²) in [5.74, 6) is -0.0102. The predicted molar refractivity (Wildman–Crippen MR) is 90.9 cm³/mol. The van der Waals surface area contributed by atoms with Crippen LogP contribution < -0.4 is 5.32 Å².